The molecular weight excluding hydrogens is 256 g/mol. The Morgan fingerprint density at radius 2 is 2.05 bits per heavy atom. The molecule has 0 saturated carbocycles. The fourth-order valence-electron chi connectivity index (χ4n) is 2.16. The second-order valence-electron chi connectivity index (χ2n) is 4.83. The van der Waals surface area contributed by atoms with Gasteiger partial charge in [0.15, 0.2) is 0 Å². The summed E-state index contributed by atoms with van der Waals surface area (Å²) >= 11 is 0. The quantitative estimate of drug-likeness (QED) is 0.494. The van der Waals surface area contributed by atoms with Crippen LogP contribution in [0.4, 0.5) is 11.6 Å². The molecule has 2 heterocycles. The number of nitrogen functional groups attached to an aromatic ring is 1. The lowest BCUT2D eigenvalue weighted by atomic mass is 10.3. The van der Waals surface area contributed by atoms with E-state index >= 15 is 0 Å². The molecule has 1 aliphatic rings. The molecule has 1 fully saturated rings. The Hall–Kier alpha value is -1.44. The second-order valence-corrected chi connectivity index (χ2v) is 4.83. The Labute approximate surface area is 119 Å². The summed E-state index contributed by atoms with van der Waals surface area (Å²) in [7, 11) is 0. The lowest BCUT2D eigenvalue weighted by molar-refractivity contribution is 0.0398. The molecule has 2 rings (SSSR count). The Morgan fingerprint density at radius 3 is 2.75 bits per heavy atom. The molecule has 0 aliphatic carbocycles. The van der Waals surface area contributed by atoms with E-state index in [-0.39, 0.29) is 0 Å². The van der Waals surface area contributed by atoms with Crippen LogP contribution in [0.25, 0.3) is 0 Å². The molecule has 0 amide bonds. The summed E-state index contributed by atoms with van der Waals surface area (Å²) in [5, 5.41) is 3.34. The summed E-state index contributed by atoms with van der Waals surface area (Å²) < 4.78 is 5.33. The summed E-state index contributed by atoms with van der Waals surface area (Å²) in [6, 6.07) is 1.83. The summed E-state index contributed by atoms with van der Waals surface area (Å²) in [5.74, 6) is 7.73. The molecule has 4 N–H and O–H groups in total. The van der Waals surface area contributed by atoms with E-state index in [2.05, 4.69) is 32.5 Å². The summed E-state index contributed by atoms with van der Waals surface area (Å²) in [5.41, 5.74) is 2.59. The van der Waals surface area contributed by atoms with Gasteiger partial charge in [-0.05, 0) is 6.42 Å². The second kappa shape index (κ2) is 7.98. The van der Waals surface area contributed by atoms with E-state index in [9.17, 15) is 0 Å². The molecule has 1 aliphatic heterocycles. The van der Waals surface area contributed by atoms with Crippen molar-refractivity contribution in [1.82, 2.24) is 14.9 Å². The van der Waals surface area contributed by atoms with Crippen LogP contribution >= 0.6 is 0 Å². The Kier molecular flexibility index (Phi) is 5.97. The van der Waals surface area contributed by atoms with E-state index in [0.29, 0.717) is 5.82 Å². The average Bonchev–Trinajstić information content (AvgIpc) is 2.48. The van der Waals surface area contributed by atoms with Crippen LogP contribution in [-0.2, 0) is 11.2 Å². The molecule has 20 heavy (non-hydrogen) atoms. The van der Waals surface area contributed by atoms with Crippen molar-refractivity contribution in [3.8, 4) is 0 Å². The molecule has 0 atom stereocenters. The fourth-order valence-corrected chi connectivity index (χ4v) is 2.16. The molecule has 1 aromatic rings. The number of anilines is 2. The summed E-state index contributed by atoms with van der Waals surface area (Å²) in [4.78, 5) is 11.2. The van der Waals surface area contributed by atoms with Gasteiger partial charge in [-0.15, -0.1) is 0 Å². The van der Waals surface area contributed by atoms with Crippen LogP contribution in [0.5, 0.6) is 0 Å². The van der Waals surface area contributed by atoms with Crippen molar-refractivity contribution in [3.05, 3.63) is 11.9 Å². The lowest BCUT2D eigenvalue weighted by Gasteiger charge is -2.26. The first-order valence-electron chi connectivity index (χ1n) is 7.20. The Balaban J connectivity index is 1.85. The zero-order valence-corrected chi connectivity index (χ0v) is 12.1. The zero-order chi connectivity index (χ0) is 14.2. The zero-order valence-electron chi connectivity index (χ0n) is 12.1. The number of nitrogens with one attached hydrogen (secondary N) is 2. The number of nitrogens with two attached hydrogens (primary N) is 1. The smallest absolute Gasteiger partial charge is 0.145 e. The lowest BCUT2D eigenvalue weighted by Crippen LogP contribution is -2.39. The van der Waals surface area contributed by atoms with E-state index in [1.807, 2.05) is 6.07 Å². The Morgan fingerprint density at radius 1 is 1.30 bits per heavy atom. The SMILES string of the molecule is CCCc1nc(NN)cc(NCCN2CCOCC2)n1. The van der Waals surface area contributed by atoms with E-state index in [1.54, 1.807) is 0 Å². The van der Waals surface area contributed by atoms with Crippen molar-refractivity contribution in [2.75, 3.05) is 50.1 Å². The van der Waals surface area contributed by atoms with Gasteiger partial charge in [-0.1, -0.05) is 6.92 Å². The molecule has 7 heteroatoms. The number of hydrogen-bond acceptors (Lipinski definition) is 7. The minimum Gasteiger partial charge on any atom is -0.379 e. The highest BCUT2D eigenvalue weighted by Gasteiger charge is 2.09. The van der Waals surface area contributed by atoms with Gasteiger partial charge in [0.2, 0.25) is 0 Å². The number of ether oxygens (including phenoxy) is 1. The van der Waals surface area contributed by atoms with Crippen LogP contribution in [0, 0.1) is 0 Å². The molecule has 1 saturated heterocycles. The van der Waals surface area contributed by atoms with Crippen molar-refractivity contribution >= 4 is 11.6 Å². The molecule has 0 spiro atoms. The van der Waals surface area contributed by atoms with Gasteiger partial charge in [-0.25, -0.2) is 15.8 Å². The number of morpholine rings is 1. The maximum absolute atomic E-state index is 5.44. The van der Waals surface area contributed by atoms with E-state index in [4.69, 9.17) is 10.6 Å². The monoisotopic (exact) mass is 280 g/mol. The summed E-state index contributed by atoms with van der Waals surface area (Å²) in [6.07, 6.45) is 1.87. The van der Waals surface area contributed by atoms with Gasteiger partial charge in [0.25, 0.3) is 0 Å². The van der Waals surface area contributed by atoms with Crippen LogP contribution in [0.2, 0.25) is 0 Å². The van der Waals surface area contributed by atoms with Crippen molar-refractivity contribution in [2.45, 2.75) is 19.8 Å². The maximum Gasteiger partial charge on any atom is 0.145 e. The minimum atomic E-state index is 0.650. The van der Waals surface area contributed by atoms with Gasteiger partial charge in [-0.2, -0.15) is 0 Å². The Bertz CT molecular complexity index is 408. The van der Waals surface area contributed by atoms with Gasteiger partial charge in [0, 0.05) is 38.7 Å². The molecular formula is C13H24N6O. The highest BCUT2D eigenvalue weighted by atomic mass is 16.5. The fraction of sp³-hybridized carbons (Fsp3) is 0.692. The molecule has 1 aromatic heterocycles. The van der Waals surface area contributed by atoms with Gasteiger partial charge in [0.1, 0.15) is 17.5 Å². The van der Waals surface area contributed by atoms with Crippen LogP contribution in [0.15, 0.2) is 6.07 Å². The number of aryl methyl sites for hydroxylation is 1. The topological polar surface area (TPSA) is 88.3 Å². The van der Waals surface area contributed by atoms with Crippen molar-refractivity contribution in [2.24, 2.45) is 5.84 Å². The highest BCUT2D eigenvalue weighted by molar-refractivity contribution is 5.46. The summed E-state index contributed by atoms with van der Waals surface area (Å²) in [6.45, 7) is 7.61. The highest BCUT2D eigenvalue weighted by Crippen LogP contribution is 2.11. The number of hydrogen-bond donors (Lipinski definition) is 3. The molecule has 7 nitrogen and oxygen atoms in total. The predicted molar refractivity (Wildman–Crippen MR) is 79.6 cm³/mol. The van der Waals surface area contributed by atoms with Crippen molar-refractivity contribution in [1.29, 1.82) is 0 Å². The maximum atomic E-state index is 5.44. The van der Waals surface area contributed by atoms with E-state index in [1.165, 1.54) is 0 Å². The van der Waals surface area contributed by atoms with Crippen molar-refractivity contribution < 1.29 is 4.74 Å². The number of aromatic nitrogens is 2. The first-order valence-corrected chi connectivity index (χ1v) is 7.20. The van der Waals surface area contributed by atoms with Crippen LogP contribution < -0.4 is 16.6 Å². The van der Waals surface area contributed by atoms with Gasteiger partial charge < -0.3 is 15.5 Å². The number of hydrazine groups is 1. The molecule has 0 aromatic carbocycles. The third-order valence-electron chi connectivity index (χ3n) is 3.23. The number of rotatable bonds is 7. The molecule has 0 unspecified atom stereocenters. The van der Waals surface area contributed by atoms with E-state index in [0.717, 1.165) is 63.9 Å². The van der Waals surface area contributed by atoms with Gasteiger partial charge in [-0.3, -0.25) is 4.90 Å². The molecule has 0 bridgehead atoms. The normalized spacial score (nSPS) is 16.1. The first kappa shape index (κ1) is 15.0. The molecule has 0 radical (unpaired) electrons. The number of nitrogens with zero attached hydrogens (tertiary/aromatic N) is 3. The third-order valence-corrected chi connectivity index (χ3v) is 3.23. The van der Waals surface area contributed by atoms with Crippen LogP contribution in [-0.4, -0.2) is 54.3 Å². The van der Waals surface area contributed by atoms with Crippen LogP contribution in [0.1, 0.15) is 19.2 Å². The van der Waals surface area contributed by atoms with Gasteiger partial charge in [0.05, 0.1) is 13.2 Å². The van der Waals surface area contributed by atoms with Crippen LogP contribution in [0.3, 0.4) is 0 Å². The average molecular weight is 280 g/mol. The standard InChI is InChI=1S/C13H24N6O/c1-2-3-11-16-12(10-13(17-11)18-14)15-4-5-19-6-8-20-9-7-19/h10H,2-9,14H2,1H3,(H2,15,16,17,18). The van der Waals surface area contributed by atoms with Gasteiger partial charge >= 0.3 is 0 Å². The molecule has 112 valence electrons. The van der Waals surface area contributed by atoms with E-state index < -0.39 is 0 Å². The largest absolute Gasteiger partial charge is 0.379 e. The third kappa shape index (κ3) is 4.59. The predicted octanol–water partition coefficient (Wildman–Crippen LogP) is 0.459. The van der Waals surface area contributed by atoms with Crippen molar-refractivity contribution in [3.63, 3.8) is 0 Å². The first-order chi connectivity index (χ1) is 9.81. The minimum absolute atomic E-state index is 0.650.